The quantitative estimate of drug-likeness (QED) is 0.786. The van der Waals surface area contributed by atoms with E-state index in [0.29, 0.717) is 0 Å². The van der Waals surface area contributed by atoms with Gasteiger partial charge in [0.15, 0.2) is 0 Å². The van der Waals surface area contributed by atoms with Crippen LogP contribution in [0.4, 0.5) is 0 Å². The lowest BCUT2D eigenvalue weighted by atomic mass is 10.2. The van der Waals surface area contributed by atoms with Gasteiger partial charge in [-0.15, -0.1) is 11.3 Å². The van der Waals surface area contributed by atoms with Crippen LogP contribution in [-0.2, 0) is 17.6 Å². The van der Waals surface area contributed by atoms with Crippen LogP contribution in [0.15, 0.2) is 6.08 Å². The van der Waals surface area contributed by atoms with Gasteiger partial charge in [-0.2, -0.15) is 0 Å². The van der Waals surface area contributed by atoms with Gasteiger partial charge in [0.05, 0.1) is 15.6 Å². The van der Waals surface area contributed by atoms with Crippen molar-refractivity contribution < 1.29 is 9.90 Å². The summed E-state index contributed by atoms with van der Waals surface area (Å²) in [6.45, 7) is 5.60. The van der Waals surface area contributed by atoms with E-state index in [-0.39, 0.29) is 0 Å². The lowest BCUT2D eigenvalue weighted by Gasteiger charge is -2.12. The van der Waals surface area contributed by atoms with E-state index in [1.54, 1.807) is 17.4 Å². The minimum absolute atomic E-state index is 0.903. The maximum Gasteiger partial charge on any atom is 0.328 e. The molecule has 2 rings (SSSR count). The zero-order chi connectivity index (χ0) is 14.4. The molecule has 0 atom stereocenters. The number of carboxylic acids is 1. The second-order valence-electron chi connectivity index (χ2n) is 5.14. The summed E-state index contributed by atoms with van der Waals surface area (Å²) >= 11 is 1.64. The fraction of sp³-hybridized carbons (Fsp3) is 0.600. The second kappa shape index (κ2) is 7.55. The summed E-state index contributed by atoms with van der Waals surface area (Å²) in [6.07, 6.45) is 8.43. The lowest BCUT2D eigenvalue weighted by Crippen LogP contribution is -2.21. The molecule has 1 N–H and O–H groups in total. The molecule has 5 heteroatoms. The van der Waals surface area contributed by atoms with E-state index >= 15 is 0 Å². The van der Waals surface area contributed by atoms with E-state index in [9.17, 15) is 4.79 Å². The van der Waals surface area contributed by atoms with Crippen molar-refractivity contribution in [3.63, 3.8) is 0 Å². The van der Waals surface area contributed by atoms with Gasteiger partial charge in [-0.05, 0) is 38.4 Å². The highest BCUT2D eigenvalue weighted by Gasteiger charge is 2.13. The van der Waals surface area contributed by atoms with Crippen LogP contribution < -0.4 is 0 Å². The Labute approximate surface area is 124 Å². The average molecular weight is 294 g/mol. The number of aryl methyl sites for hydroxylation is 1. The van der Waals surface area contributed by atoms with Gasteiger partial charge >= 0.3 is 5.97 Å². The molecule has 0 unspecified atom stereocenters. The predicted molar refractivity (Wildman–Crippen MR) is 82.2 cm³/mol. The topological polar surface area (TPSA) is 53.4 Å². The molecule has 0 amide bonds. The van der Waals surface area contributed by atoms with Crippen LogP contribution in [0.3, 0.4) is 0 Å². The molecule has 1 saturated heterocycles. The third-order valence-electron chi connectivity index (χ3n) is 3.48. The van der Waals surface area contributed by atoms with Crippen molar-refractivity contribution in [2.45, 2.75) is 39.0 Å². The Morgan fingerprint density at radius 2 is 2.15 bits per heavy atom. The van der Waals surface area contributed by atoms with E-state index in [1.165, 1.54) is 32.0 Å². The van der Waals surface area contributed by atoms with E-state index in [2.05, 4.69) is 16.8 Å². The van der Waals surface area contributed by atoms with Crippen LogP contribution in [0.5, 0.6) is 0 Å². The molecule has 0 spiro atoms. The zero-order valence-corrected chi connectivity index (χ0v) is 12.8. The van der Waals surface area contributed by atoms with Gasteiger partial charge in [0.1, 0.15) is 0 Å². The summed E-state index contributed by atoms with van der Waals surface area (Å²) in [6, 6.07) is 0. The number of thiazole rings is 1. The molecular formula is C15H22N2O2S. The first kappa shape index (κ1) is 15.2. The maximum absolute atomic E-state index is 10.6. The Morgan fingerprint density at radius 3 is 2.80 bits per heavy atom. The van der Waals surface area contributed by atoms with Crippen LogP contribution in [-0.4, -0.2) is 40.6 Å². The van der Waals surface area contributed by atoms with Crippen LogP contribution in [0.1, 0.15) is 41.8 Å². The molecule has 2 heterocycles. The second-order valence-corrected chi connectivity index (χ2v) is 6.25. The standard InChI is InChI=1S/C15H22N2O2S/c1-2-5-12-13(6-7-15(18)19)20-14(16-12)8-11-17-9-3-4-10-17/h6-7H,2-5,8-11H2,1H3,(H,18,19)/b7-6+. The average Bonchev–Trinajstić information content (AvgIpc) is 3.04. The van der Waals surface area contributed by atoms with Crippen molar-refractivity contribution in [3.8, 4) is 0 Å². The van der Waals surface area contributed by atoms with Gasteiger partial charge in [-0.1, -0.05) is 13.3 Å². The predicted octanol–water partition coefficient (Wildman–Crippen LogP) is 2.83. The van der Waals surface area contributed by atoms with Gasteiger partial charge in [0, 0.05) is 19.0 Å². The van der Waals surface area contributed by atoms with Gasteiger partial charge in [0.2, 0.25) is 0 Å². The maximum atomic E-state index is 10.6. The smallest absolute Gasteiger partial charge is 0.328 e. The third-order valence-corrected chi connectivity index (χ3v) is 4.60. The number of aromatic nitrogens is 1. The molecular weight excluding hydrogens is 272 g/mol. The van der Waals surface area contributed by atoms with Gasteiger partial charge in [-0.3, -0.25) is 0 Å². The highest BCUT2D eigenvalue weighted by Crippen LogP contribution is 2.22. The number of aliphatic carboxylic acids is 1. The molecule has 0 radical (unpaired) electrons. The van der Waals surface area contributed by atoms with Crippen LogP contribution in [0, 0.1) is 0 Å². The SMILES string of the molecule is CCCc1nc(CCN2CCCC2)sc1/C=C/C(=O)O. The Bertz CT molecular complexity index is 476. The summed E-state index contributed by atoms with van der Waals surface area (Å²) in [4.78, 5) is 18.8. The first-order chi connectivity index (χ1) is 9.69. The molecule has 0 saturated carbocycles. The van der Waals surface area contributed by atoms with E-state index in [4.69, 9.17) is 5.11 Å². The number of hydrogen-bond donors (Lipinski definition) is 1. The summed E-state index contributed by atoms with van der Waals surface area (Å²) in [5, 5.41) is 9.87. The summed E-state index contributed by atoms with van der Waals surface area (Å²) in [5.41, 5.74) is 1.05. The minimum Gasteiger partial charge on any atom is -0.478 e. The summed E-state index contributed by atoms with van der Waals surface area (Å²) in [5.74, 6) is -0.903. The number of rotatable bonds is 7. The van der Waals surface area contributed by atoms with Crippen LogP contribution >= 0.6 is 11.3 Å². The fourth-order valence-corrected chi connectivity index (χ4v) is 3.48. The summed E-state index contributed by atoms with van der Waals surface area (Å²) in [7, 11) is 0. The summed E-state index contributed by atoms with van der Waals surface area (Å²) < 4.78 is 0. The molecule has 0 bridgehead atoms. The van der Waals surface area contributed by atoms with Gasteiger partial charge in [0.25, 0.3) is 0 Å². The Balaban J connectivity index is 2.01. The molecule has 1 aliphatic heterocycles. The number of carbonyl (C=O) groups is 1. The first-order valence-electron chi connectivity index (χ1n) is 7.31. The van der Waals surface area contributed by atoms with Gasteiger partial charge < -0.3 is 10.0 Å². The van der Waals surface area contributed by atoms with E-state index < -0.39 is 5.97 Å². The van der Waals surface area contributed by atoms with Crippen LogP contribution in [0.25, 0.3) is 6.08 Å². The van der Waals surface area contributed by atoms with E-state index in [0.717, 1.165) is 41.4 Å². The molecule has 1 aliphatic rings. The van der Waals surface area contributed by atoms with Crippen molar-refractivity contribution in [1.29, 1.82) is 0 Å². The van der Waals surface area contributed by atoms with Crippen LogP contribution in [0.2, 0.25) is 0 Å². The molecule has 1 fully saturated rings. The first-order valence-corrected chi connectivity index (χ1v) is 8.12. The number of hydrogen-bond acceptors (Lipinski definition) is 4. The molecule has 20 heavy (non-hydrogen) atoms. The molecule has 1 aromatic heterocycles. The van der Waals surface area contributed by atoms with E-state index in [1.807, 2.05) is 0 Å². The Hall–Kier alpha value is -1.20. The number of likely N-dealkylation sites (tertiary alicyclic amines) is 1. The normalized spacial score (nSPS) is 16.2. The Kier molecular flexibility index (Phi) is 5.73. The lowest BCUT2D eigenvalue weighted by molar-refractivity contribution is -0.131. The highest BCUT2D eigenvalue weighted by atomic mass is 32.1. The monoisotopic (exact) mass is 294 g/mol. The number of nitrogens with zero attached hydrogens (tertiary/aromatic N) is 2. The zero-order valence-electron chi connectivity index (χ0n) is 12.0. The molecule has 110 valence electrons. The van der Waals surface area contributed by atoms with Crippen molar-refractivity contribution in [1.82, 2.24) is 9.88 Å². The fourth-order valence-electron chi connectivity index (χ4n) is 2.47. The molecule has 0 aromatic carbocycles. The minimum atomic E-state index is -0.903. The largest absolute Gasteiger partial charge is 0.478 e. The van der Waals surface area contributed by atoms with Crippen molar-refractivity contribution in [3.05, 3.63) is 21.7 Å². The highest BCUT2D eigenvalue weighted by molar-refractivity contribution is 7.12. The van der Waals surface area contributed by atoms with Crippen molar-refractivity contribution in [2.24, 2.45) is 0 Å². The van der Waals surface area contributed by atoms with Crippen molar-refractivity contribution in [2.75, 3.05) is 19.6 Å². The molecule has 4 nitrogen and oxygen atoms in total. The van der Waals surface area contributed by atoms with Gasteiger partial charge in [-0.25, -0.2) is 9.78 Å². The molecule has 1 aromatic rings. The molecule has 0 aliphatic carbocycles. The number of carboxylic acid groups (broad SMARTS) is 1. The third kappa shape index (κ3) is 4.42. The Morgan fingerprint density at radius 1 is 1.40 bits per heavy atom. The van der Waals surface area contributed by atoms with Crippen molar-refractivity contribution >= 4 is 23.4 Å².